The van der Waals surface area contributed by atoms with Gasteiger partial charge in [0.2, 0.25) is 0 Å². The van der Waals surface area contributed by atoms with E-state index in [9.17, 15) is 14.4 Å². The number of Topliss-reactive ketones (excluding diaryl/α,β-unsaturated/α-hetero) is 1. The summed E-state index contributed by atoms with van der Waals surface area (Å²) in [5.41, 5.74) is 1.54. The van der Waals surface area contributed by atoms with Crippen molar-refractivity contribution >= 4 is 17.5 Å². The largest absolute Gasteiger partial charge is 0.481 e. The molecule has 0 fully saturated rings. The molecule has 0 heterocycles. The van der Waals surface area contributed by atoms with Gasteiger partial charge in [-0.25, -0.2) is 0 Å². The van der Waals surface area contributed by atoms with Crippen LogP contribution >= 0.6 is 0 Å². The Morgan fingerprint density at radius 3 is 2.42 bits per heavy atom. The van der Waals surface area contributed by atoms with Crippen molar-refractivity contribution in [2.45, 2.75) is 91.4 Å². The van der Waals surface area contributed by atoms with Gasteiger partial charge < -0.3 is 5.11 Å². The second-order valence-corrected chi connectivity index (χ2v) is 7.92. The SMILES string of the molecule is CCCCC(C)(C)C(=O)/C=C\C1=C(CCCCCCC(=O)O)C(=O)CC1. The van der Waals surface area contributed by atoms with Crippen molar-refractivity contribution in [3.63, 3.8) is 0 Å². The quantitative estimate of drug-likeness (QED) is 0.351. The van der Waals surface area contributed by atoms with E-state index in [1.807, 2.05) is 19.9 Å². The van der Waals surface area contributed by atoms with Gasteiger partial charge in [0.25, 0.3) is 0 Å². The van der Waals surface area contributed by atoms with Crippen LogP contribution in [0.4, 0.5) is 0 Å². The first kappa shape index (κ1) is 22.3. The minimum absolute atomic E-state index is 0.130. The Labute approximate surface area is 157 Å². The molecule has 0 amide bonds. The van der Waals surface area contributed by atoms with Crippen LogP contribution in [0.5, 0.6) is 0 Å². The molecule has 4 nitrogen and oxygen atoms in total. The predicted molar refractivity (Wildman–Crippen MR) is 104 cm³/mol. The van der Waals surface area contributed by atoms with Crippen molar-refractivity contribution in [2.24, 2.45) is 5.41 Å². The first-order valence-corrected chi connectivity index (χ1v) is 9.97. The smallest absolute Gasteiger partial charge is 0.303 e. The van der Waals surface area contributed by atoms with Crippen molar-refractivity contribution in [1.29, 1.82) is 0 Å². The van der Waals surface area contributed by atoms with Crippen LogP contribution < -0.4 is 0 Å². The number of carboxylic acids is 1. The zero-order valence-corrected chi connectivity index (χ0v) is 16.6. The average molecular weight is 363 g/mol. The van der Waals surface area contributed by atoms with Gasteiger partial charge in [-0.05, 0) is 49.3 Å². The fourth-order valence-corrected chi connectivity index (χ4v) is 3.29. The summed E-state index contributed by atoms with van der Waals surface area (Å²) in [6.07, 6.45) is 12.2. The van der Waals surface area contributed by atoms with Crippen molar-refractivity contribution in [1.82, 2.24) is 0 Å². The highest BCUT2D eigenvalue weighted by atomic mass is 16.4. The molecule has 0 radical (unpaired) electrons. The molecule has 1 aliphatic rings. The molecule has 0 aliphatic heterocycles. The Hall–Kier alpha value is -1.71. The number of allylic oxidation sites excluding steroid dienone is 4. The average Bonchev–Trinajstić information content (AvgIpc) is 2.93. The molecule has 0 atom stereocenters. The fourth-order valence-electron chi connectivity index (χ4n) is 3.29. The van der Waals surface area contributed by atoms with Crippen molar-refractivity contribution < 1.29 is 19.5 Å². The number of carbonyl (C=O) groups is 3. The van der Waals surface area contributed by atoms with Gasteiger partial charge in [0.05, 0.1) is 0 Å². The van der Waals surface area contributed by atoms with Gasteiger partial charge in [-0.1, -0.05) is 52.5 Å². The minimum Gasteiger partial charge on any atom is -0.481 e. The second kappa shape index (κ2) is 11.1. The van der Waals surface area contributed by atoms with Crippen LogP contribution in [0.1, 0.15) is 91.4 Å². The van der Waals surface area contributed by atoms with Crippen LogP contribution in [0.2, 0.25) is 0 Å². The highest BCUT2D eigenvalue weighted by Crippen LogP contribution is 2.30. The van der Waals surface area contributed by atoms with Gasteiger partial charge in [-0.3, -0.25) is 14.4 Å². The number of carbonyl (C=O) groups excluding carboxylic acids is 2. The lowest BCUT2D eigenvalue weighted by Gasteiger charge is -2.20. The summed E-state index contributed by atoms with van der Waals surface area (Å²) in [6.45, 7) is 6.10. The summed E-state index contributed by atoms with van der Waals surface area (Å²) in [4.78, 5) is 35.1. The van der Waals surface area contributed by atoms with Gasteiger partial charge in [-0.2, -0.15) is 0 Å². The lowest BCUT2D eigenvalue weighted by atomic mass is 9.82. The molecule has 0 saturated heterocycles. The number of rotatable bonds is 13. The molecular formula is C22H34O4. The summed E-state index contributed by atoms with van der Waals surface area (Å²) < 4.78 is 0. The number of carboxylic acid groups (broad SMARTS) is 1. The van der Waals surface area contributed by atoms with E-state index in [4.69, 9.17) is 5.11 Å². The topological polar surface area (TPSA) is 71.4 Å². The number of ketones is 2. The molecule has 0 saturated carbocycles. The van der Waals surface area contributed by atoms with Crippen LogP contribution in [-0.4, -0.2) is 22.6 Å². The van der Waals surface area contributed by atoms with Crippen LogP contribution in [0, 0.1) is 5.41 Å². The maximum atomic E-state index is 12.5. The Morgan fingerprint density at radius 1 is 1.08 bits per heavy atom. The van der Waals surface area contributed by atoms with Crippen molar-refractivity contribution in [3.8, 4) is 0 Å². The highest BCUT2D eigenvalue weighted by molar-refractivity contribution is 6.00. The molecule has 26 heavy (non-hydrogen) atoms. The van der Waals surface area contributed by atoms with Gasteiger partial charge in [-0.15, -0.1) is 0 Å². The monoisotopic (exact) mass is 362 g/mol. The predicted octanol–water partition coefficient (Wildman–Crippen LogP) is 5.41. The molecule has 0 aromatic carbocycles. The van der Waals surface area contributed by atoms with E-state index in [2.05, 4.69) is 6.92 Å². The highest BCUT2D eigenvalue weighted by Gasteiger charge is 2.25. The molecule has 4 heteroatoms. The first-order chi connectivity index (χ1) is 12.3. The third-order valence-corrected chi connectivity index (χ3v) is 5.17. The molecule has 0 spiro atoms. The molecule has 0 bridgehead atoms. The Bertz CT molecular complexity index is 567. The van der Waals surface area contributed by atoms with E-state index in [1.165, 1.54) is 0 Å². The lowest BCUT2D eigenvalue weighted by Crippen LogP contribution is -2.22. The normalized spacial score (nSPS) is 15.3. The van der Waals surface area contributed by atoms with Crippen molar-refractivity contribution in [3.05, 3.63) is 23.3 Å². The zero-order valence-electron chi connectivity index (χ0n) is 16.6. The van der Waals surface area contributed by atoms with E-state index >= 15 is 0 Å². The molecule has 0 aromatic heterocycles. The van der Waals surface area contributed by atoms with E-state index in [-0.39, 0.29) is 23.4 Å². The van der Waals surface area contributed by atoms with Gasteiger partial charge in [0.1, 0.15) is 0 Å². The van der Waals surface area contributed by atoms with E-state index in [0.29, 0.717) is 12.8 Å². The third kappa shape index (κ3) is 7.67. The maximum Gasteiger partial charge on any atom is 0.303 e. The van der Waals surface area contributed by atoms with Crippen LogP contribution in [0.3, 0.4) is 0 Å². The van der Waals surface area contributed by atoms with Gasteiger partial charge in [0.15, 0.2) is 11.6 Å². The molecule has 146 valence electrons. The second-order valence-electron chi connectivity index (χ2n) is 7.92. The summed E-state index contributed by atoms with van der Waals surface area (Å²) in [5.74, 6) is -0.420. The van der Waals surface area contributed by atoms with Crippen LogP contribution in [-0.2, 0) is 14.4 Å². The minimum atomic E-state index is -0.752. The standard InChI is InChI=1S/C22H34O4/c1-4-5-16-22(2,3)20(24)15-13-17-12-14-19(23)18(17)10-8-6-7-9-11-21(25)26/h13,15H,4-12,14,16H2,1-3H3,(H,25,26)/b15-13-. The maximum absolute atomic E-state index is 12.5. The lowest BCUT2D eigenvalue weighted by molar-refractivity contribution is -0.137. The van der Waals surface area contributed by atoms with Crippen LogP contribution in [0.15, 0.2) is 23.3 Å². The molecule has 1 N–H and O–H groups in total. The number of aliphatic carboxylic acids is 1. The first-order valence-electron chi connectivity index (χ1n) is 9.97. The summed E-state index contributed by atoms with van der Waals surface area (Å²) >= 11 is 0. The fraction of sp³-hybridized carbons (Fsp3) is 0.682. The molecule has 1 aliphatic carbocycles. The molecule has 0 unspecified atom stereocenters. The van der Waals surface area contributed by atoms with Crippen LogP contribution in [0.25, 0.3) is 0 Å². The number of hydrogen-bond acceptors (Lipinski definition) is 3. The zero-order chi connectivity index (χ0) is 19.6. The summed E-state index contributed by atoms with van der Waals surface area (Å²) in [6, 6.07) is 0. The third-order valence-electron chi connectivity index (χ3n) is 5.17. The van der Waals surface area contributed by atoms with Gasteiger partial charge >= 0.3 is 5.97 Å². The van der Waals surface area contributed by atoms with E-state index in [1.54, 1.807) is 6.08 Å². The number of hydrogen-bond donors (Lipinski definition) is 1. The molecule has 0 aromatic rings. The molecular weight excluding hydrogens is 328 g/mol. The Kier molecular flexibility index (Phi) is 9.53. The Morgan fingerprint density at radius 2 is 1.77 bits per heavy atom. The number of unbranched alkanes of at least 4 members (excludes halogenated alkanes) is 4. The Balaban J connectivity index is 2.57. The van der Waals surface area contributed by atoms with Crippen molar-refractivity contribution in [2.75, 3.05) is 0 Å². The summed E-state index contributed by atoms with van der Waals surface area (Å²) in [7, 11) is 0. The van der Waals surface area contributed by atoms with E-state index in [0.717, 1.165) is 62.5 Å². The molecule has 1 rings (SSSR count). The van der Waals surface area contributed by atoms with Gasteiger partial charge in [0, 0.05) is 18.3 Å². The summed E-state index contributed by atoms with van der Waals surface area (Å²) in [5, 5.41) is 8.63. The van der Waals surface area contributed by atoms with E-state index < -0.39 is 5.97 Å².